The van der Waals surface area contributed by atoms with Gasteiger partial charge in [0, 0.05) is 12.5 Å². The molecule has 1 aliphatic rings. The van der Waals surface area contributed by atoms with Gasteiger partial charge in [0.15, 0.2) is 4.77 Å². The molecular weight excluding hydrogens is 194 g/mol. The van der Waals surface area contributed by atoms with Gasteiger partial charge in [-0.05, 0) is 31.0 Å². The Hall–Kier alpha value is -0.640. The van der Waals surface area contributed by atoms with Gasteiger partial charge in [0.25, 0.3) is 0 Å². The number of aromatic nitrogens is 3. The summed E-state index contributed by atoms with van der Waals surface area (Å²) in [5.41, 5.74) is 0. The van der Waals surface area contributed by atoms with Crippen LogP contribution in [0.15, 0.2) is 0 Å². The Morgan fingerprint density at radius 2 is 2.36 bits per heavy atom. The highest BCUT2D eigenvalue weighted by atomic mass is 32.1. The maximum absolute atomic E-state index is 5.27. The quantitative estimate of drug-likeness (QED) is 0.763. The van der Waals surface area contributed by atoms with Gasteiger partial charge in [-0.25, -0.2) is 0 Å². The molecule has 1 aromatic rings. The van der Waals surface area contributed by atoms with Crippen molar-refractivity contribution >= 4 is 12.2 Å². The van der Waals surface area contributed by atoms with Crippen LogP contribution in [0.2, 0.25) is 0 Å². The molecule has 1 saturated carbocycles. The summed E-state index contributed by atoms with van der Waals surface area (Å²) in [6.45, 7) is 4.44. The Labute approximate surface area is 89.5 Å². The van der Waals surface area contributed by atoms with Gasteiger partial charge in [-0.1, -0.05) is 20.3 Å². The van der Waals surface area contributed by atoms with Crippen LogP contribution in [0.4, 0.5) is 0 Å². The summed E-state index contributed by atoms with van der Waals surface area (Å²) in [4.78, 5) is 0. The zero-order valence-electron chi connectivity index (χ0n) is 8.79. The number of H-pyrrole nitrogens is 1. The minimum absolute atomic E-state index is 0.580. The number of hydrogen-bond acceptors (Lipinski definition) is 2. The fourth-order valence-corrected chi connectivity index (χ4v) is 2.72. The van der Waals surface area contributed by atoms with E-state index < -0.39 is 0 Å². The van der Waals surface area contributed by atoms with Crippen molar-refractivity contribution in [2.24, 2.45) is 5.92 Å². The third-order valence-corrected chi connectivity index (χ3v) is 3.53. The van der Waals surface area contributed by atoms with Crippen LogP contribution in [0, 0.1) is 10.7 Å². The zero-order valence-corrected chi connectivity index (χ0v) is 9.60. The zero-order chi connectivity index (χ0) is 10.1. The largest absolute Gasteiger partial charge is 0.301 e. The lowest BCUT2D eigenvalue weighted by atomic mass is 10.1. The third-order valence-electron chi connectivity index (χ3n) is 3.24. The van der Waals surface area contributed by atoms with Gasteiger partial charge in [-0.15, -0.1) is 0 Å². The molecule has 0 bridgehead atoms. The van der Waals surface area contributed by atoms with E-state index in [1.165, 1.54) is 19.3 Å². The predicted molar refractivity (Wildman–Crippen MR) is 58.8 cm³/mol. The Kier molecular flexibility index (Phi) is 2.72. The lowest BCUT2D eigenvalue weighted by molar-refractivity contribution is 0.393. The molecule has 78 valence electrons. The third kappa shape index (κ3) is 1.52. The van der Waals surface area contributed by atoms with Gasteiger partial charge < -0.3 is 4.57 Å². The van der Waals surface area contributed by atoms with Crippen molar-refractivity contribution in [2.45, 2.75) is 45.6 Å². The number of rotatable bonds is 2. The highest BCUT2D eigenvalue weighted by Crippen LogP contribution is 2.35. The summed E-state index contributed by atoms with van der Waals surface area (Å²) >= 11 is 5.27. The maximum Gasteiger partial charge on any atom is 0.195 e. The monoisotopic (exact) mass is 211 g/mol. The van der Waals surface area contributed by atoms with Crippen LogP contribution < -0.4 is 0 Å². The fourth-order valence-electron chi connectivity index (χ4n) is 2.44. The molecule has 0 spiro atoms. The molecule has 0 amide bonds. The molecule has 1 fully saturated rings. The second-order valence-electron chi connectivity index (χ2n) is 4.14. The van der Waals surface area contributed by atoms with Crippen LogP contribution >= 0.6 is 12.2 Å². The van der Waals surface area contributed by atoms with Gasteiger partial charge in [0.1, 0.15) is 5.82 Å². The van der Waals surface area contributed by atoms with E-state index in [2.05, 4.69) is 28.6 Å². The summed E-state index contributed by atoms with van der Waals surface area (Å²) in [6.07, 6.45) is 4.85. The number of hydrogen-bond donors (Lipinski definition) is 1. The SMILES string of the molecule is CCc1n[nH]c(=S)n1C1CCCC1C. The molecule has 14 heavy (non-hydrogen) atoms. The van der Waals surface area contributed by atoms with Crippen LogP contribution in [-0.2, 0) is 6.42 Å². The predicted octanol–water partition coefficient (Wildman–Crippen LogP) is 2.86. The second-order valence-corrected chi connectivity index (χ2v) is 4.53. The highest BCUT2D eigenvalue weighted by Gasteiger charge is 2.27. The minimum Gasteiger partial charge on any atom is -0.301 e. The molecular formula is C10H17N3S. The molecule has 1 aromatic heterocycles. The van der Waals surface area contributed by atoms with E-state index in [0.29, 0.717) is 6.04 Å². The molecule has 3 nitrogen and oxygen atoms in total. The molecule has 0 aliphatic heterocycles. The van der Waals surface area contributed by atoms with Gasteiger partial charge >= 0.3 is 0 Å². The van der Waals surface area contributed by atoms with Crippen LogP contribution in [0.5, 0.6) is 0 Å². The first kappa shape index (κ1) is 9.90. The molecule has 1 aliphatic carbocycles. The molecule has 0 saturated heterocycles. The minimum atomic E-state index is 0.580. The van der Waals surface area contributed by atoms with Crippen molar-refractivity contribution in [3.8, 4) is 0 Å². The summed E-state index contributed by atoms with van der Waals surface area (Å²) in [5, 5.41) is 7.16. The number of nitrogens with zero attached hydrogens (tertiary/aromatic N) is 2. The van der Waals surface area contributed by atoms with Gasteiger partial charge in [0.05, 0.1) is 0 Å². The highest BCUT2D eigenvalue weighted by molar-refractivity contribution is 7.71. The first-order valence-electron chi connectivity index (χ1n) is 5.39. The Balaban J connectivity index is 2.38. The smallest absolute Gasteiger partial charge is 0.195 e. The molecule has 0 aromatic carbocycles. The lowest BCUT2D eigenvalue weighted by Crippen LogP contribution is -2.14. The molecule has 1 N–H and O–H groups in total. The summed E-state index contributed by atoms with van der Waals surface area (Å²) < 4.78 is 3.02. The Morgan fingerprint density at radius 3 is 2.93 bits per heavy atom. The van der Waals surface area contributed by atoms with Crippen LogP contribution in [-0.4, -0.2) is 14.8 Å². The average Bonchev–Trinajstić information content (AvgIpc) is 2.72. The van der Waals surface area contributed by atoms with E-state index >= 15 is 0 Å². The normalized spacial score (nSPS) is 27.0. The summed E-state index contributed by atoms with van der Waals surface area (Å²) in [6, 6.07) is 0.580. The van der Waals surface area contributed by atoms with Crippen molar-refractivity contribution in [2.75, 3.05) is 0 Å². The van der Waals surface area contributed by atoms with E-state index in [9.17, 15) is 0 Å². The van der Waals surface area contributed by atoms with E-state index in [1.54, 1.807) is 0 Å². The van der Waals surface area contributed by atoms with E-state index in [-0.39, 0.29) is 0 Å². The molecule has 4 heteroatoms. The molecule has 2 rings (SSSR count). The summed E-state index contributed by atoms with van der Waals surface area (Å²) in [7, 11) is 0. The van der Waals surface area contributed by atoms with Crippen molar-refractivity contribution < 1.29 is 0 Å². The van der Waals surface area contributed by atoms with Gasteiger partial charge in [0.2, 0.25) is 0 Å². The van der Waals surface area contributed by atoms with Crippen molar-refractivity contribution in [1.29, 1.82) is 0 Å². The van der Waals surface area contributed by atoms with Crippen molar-refractivity contribution in [3.05, 3.63) is 10.6 Å². The van der Waals surface area contributed by atoms with Crippen LogP contribution in [0.25, 0.3) is 0 Å². The van der Waals surface area contributed by atoms with Crippen molar-refractivity contribution in [3.63, 3.8) is 0 Å². The lowest BCUT2D eigenvalue weighted by Gasteiger charge is -2.18. The molecule has 2 atom stereocenters. The van der Waals surface area contributed by atoms with Crippen LogP contribution in [0.1, 0.15) is 45.0 Å². The maximum atomic E-state index is 5.27. The van der Waals surface area contributed by atoms with Crippen molar-refractivity contribution in [1.82, 2.24) is 14.8 Å². The number of nitrogens with one attached hydrogen (secondary N) is 1. The second kappa shape index (κ2) is 3.85. The van der Waals surface area contributed by atoms with Crippen LogP contribution in [0.3, 0.4) is 0 Å². The Morgan fingerprint density at radius 1 is 1.57 bits per heavy atom. The van der Waals surface area contributed by atoms with Gasteiger partial charge in [-0.2, -0.15) is 5.10 Å². The first-order valence-corrected chi connectivity index (χ1v) is 5.80. The topological polar surface area (TPSA) is 33.6 Å². The molecule has 2 unspecified atom stereocenters. The first-order chi connectivity index (χ1) is 6.74. The average molecular weight is 211 g/mol. The van der Waals surface area contributed by atoms with E-state index in [0.717, 1.165) is 22.9 Å². The Bertz CT molecular complexity index is 366. The molecule has 0 radical (unpaired) electrons. The van der Waals surface area contributed by atoms with Gasteiger partial charge in [-0.3, -0.25) is 5.10 Å². The fraction of sp³-hybridized carbons (Fsp3) is 0.800. The standard InChI is InChI=1S/C10H17N3S/c1-3-9-11-12-10(14)13(9)8-6-4-5-7(8)2/h7-8H,3-6H2,1-2H3,(H,12,14). The van der Waals surface area contributed by atoms with E-state index in [1.807, 2.05) is 0 Å². The number of aromatic amines is 1. The van der Waals surface area contributed by atoms with E-state index in [4.69, 9.17) is 12.2 Å². The summed E-state index contributed by atoms with van der Waals surface area (Å²) in [5.74, 6) is 1.85. The number of aryl methyl sites for hydroxylation is 1. The molecule has 1 heterocycles.